The molecule has 0 saturated carbocycles. The van der Waals surface area contributed by atoms with Crippen LogP contribution in [0.25, 0.3) is 0 Å². The lowest BCUT2D eigenvalue weighted by atomic mass is 10.0. The third kappa shape index (κ3) is 7.63. The Kier molecular flexibility index (Phi) is 10.0. The van der Waals surface area contributed by atoms with Crippen LogP contribution < -0.4 is 14.4 Å². The van der Waals surface area contributed by atoms with E-state index in [4.69, 9.17) is 27.9 Å². The first-order valence-corrected chi connectivity index (χ1v) is 14.2. The van der Waals surface area contributed by atoms with Gasteiger partial charge in [-0.15, -0.1) is 0 Å². The van der Waals surface area contributed by atoms with E-state index in [-0.39, 0.29) is 29.6 Å². The lowest BCUT2D eigenvalue weighted by molar-refractivity contribution is -0.139. The molecule has 1 unspecified atom stereocenters. The zero-order valence-corrected chi connectivity index (χ0v) is 23.6. The summed E-state index contributed by atoms with van der Waals surface area (Å²) >= 11 is 12.3. The van der Waals surface area contributed by atoms with Gasteiger partial charge in [-0.25, -0.2) is 8.42 Å². The molecule has 1 N–H and O–H groups in total. The van der Waals surface area contributed by atoms with E-state index < -0.39 is 28.5 Å². The van der Waals surface area contributed by atoms with Gasteiger partial charge in [-0.1, -0.05) is 65.7 Å². The highest BCUT2D eigenvalue weighted by Crippen LogP contribution is 2.30. The predicted molar refractivity (Wildman–Crippen MR) is 150 cm³/mol. The molecule has 0 radical (unpaired) electrons. The topological polar surface area (TPSA) is 96.0 Å². The predicted octanol–water partition coefficient (Wildman–Crippen LogP) is 4.15. The van der Waals surface area contributed by atoms with Gasteiger partial charge in [0.15, 0.2) is 0 Å². The molecular formula is C27H29Cl2N3O5S. The number of rotatable bonds is 11. The van der Waals surface area contributed by atoms with Crippen LogP contribution in [0.3, 0.4) is 0 Å². The largest absolute Gasteiger partial charge is 0.495 e. The SMILES string of the molecule is CNC(=O)C(Cc1ccccc1)N(Cc1ccc(Cl)cc1)C(=O)CN(c1ccc(OC)c(Cl)c1)S(C)(=O)=O. The Morgan fingerprint density at radius 2 is 1.63 bits per heavy atom. The number of hydrogen-bond acceptors (Lipinski definition) is 5. The van der Waals surface area contributed by atoms with E-state index in [1.165, 1.54) is 37.3 Å². The van der Waals surface area contributed by atoms with Crippen molar-refractivity contribution in [2.75, 3.05) is 31.3 Å². The quantitative estimate of drug-likeness (QED) is 0.369. The van der Waals surface area contributed by atoms with Crippen LogP contribution in [0.5, 0.6) is 5.75 Å². The summed E-state index contributed by atoms with van der Waals surface area (Å²) in [5, 5.41) is 3.35. The van der Waals surface area contributed by atoms with Crippen molar-refractivity contribution in [1.82, 2.24) is 10.2 Å². The van der Waals surface area contributed by atoms with Crippen molar-refractivity contribution >= 4 is 50.7 Å². The summed E-state index contributed by atoms with van der Waals surface area (Å²) in [6, 6.07) is 19.7. The van der Waals surface area contributed by atoms with Gasteiger partial charge in [-0.2, -0.15) is 0 Å². The monoisotopic (exact) mass is 577 g/mol. The summed E-state index contributed by atoms with van der Waals surface area (Å²) in [6.07, 6.45) is 1.23. The number of halogens is 2. The van der Waals surface area contributed by atoms with Crippen molar-refractivity contribution in [3.63, 3.8) is 0 Å². The first kappa shape index (κ1) is 29.3. The number of hydrogen-bond donors (Lipinski definition) is 1. The third-order valence-electron chi connectivity index (χ3n) is 5.89. The third-order valence-corrected chi connectivity index (χ3v) is 7.57. The summed E-state index contributed by atoms with van der Waals surface area (Å²) in [5.74, 6) is -0.585. The smallest absolute Gasteiger partial charge is 0.244 e. The fraction of sp³-hybridized carbons (Fsp3) is 0.259. The maximum Gasteiger partial charge on any atom is 0.244 e. The van der Waals surface area contributed by atoms with E-state index in [1.54, 1.807) is 24.3 Å². The van der Waals surface area contributed by atoms with Crippen molar-refractivity contribution in [1.29, 1.82) is 0 Å². The maximum atomic E-state index is 13.9. The van der Waals surface area contributed by atoms with Gasteiger partial charge in [-0.3, -0.25) is 13.9 Å². The molecule has 11 heteroatoms. The molecule has 0 aliphatic carbocycles. The Morgan fingerprint density at radius 3 is 2.18 bits per heavy atom. The van der Waals surface area contributed by atoms with E-state index in [0.717, 1.165) is 21.7 Å². The summed E-state index contributed by atoms with van der Waals surface area (Å²) < 4.78 is 31.7. The van der Waals surface area contributed by atoms with Gasteiger partial charge in [0.1, 0.15) is 18.3 Å². The average molecular weight is 579 g/mol. The number of benzene rings is 3. The summed E-state index contributed by atoms with van der Waals surface area (Å²) in [5.41, 5.74) is 1.76. The van der Waals surface area contributed by atoms with E-state index in [2.05, 4.69) is 5.32 Å². The fourth-order valence-corrected chi connectivity index (χ4v) is 5.15. The minimum Gasteiger partial charge on any atom is -0.495 e. The molecular weight excluding hydrogens is 549 g/mol. The Morgan fingerprint density at radius 1 is 0.974 bits per heavy atom. The van der Waals surface area contributed by atoms with Gasteiger partial charge in [-0.05, 0) is 41.5 Å². The van der Waals surface area contributed by atoms with E-state index in [0.29, 0.717) is 10.8 Å². The summed E-state index contributed by atoms with van der Waals surface area (Å²) in [4.78, 5) is 28.3. The normalized spacial score (nSPS) is 11.9. The second-order valence-corrected chi connectivity index (χ2v) is 11.3. The molecule has 0 fully saturated rings. The van der Waals surface area contributed by atoms with Crippen molar-refractivity contribution in [3.8, 4) is 5.75 Å². The molecule has 8 nitrogen and oxygen atoms in total. The van der Waals surface area contributed by atoms with E-state index in [9.17, 15) is 18.0 Å². The molecule has 2 amide bonds. The standard InChI is InChI=1S/C27H29Cl2N3O5S/c1-30-27(34)24(15-19-7-5-4-6-8-19)31(17-20-9-11-21(28)12-10-20)26(33)18-32(38(3,35)36)22-13-14-25(37-2)23(29)16-22/h4-14,16,24H,15,17-18H2,1-3H3,(H,30,34). The number of sulfonamides is 1. The molecule has 0 bridgehead atoms. The zero-order chi connectivity index (χ0) is 27.9. The fourth-order valence-electron chi connectivity index (χ4n) is 3.93. The van der Waals surface area contributed by atoms with E-state index in [1.807, 2.05) is 30.3 Å². The van der Waals surface area contributed by atoms with Crippen LogP contribution in [0.15, 0.2) is 72.8 Å². The van der Waals surface area contributed by atoms with Gasteiger partial charge >= 0.3 is 0 Å². The molecule has 0 heterocycles. The van der Waals surface area contributed by atoms with Gasteiger partial charge < -0.3 is 15.0 Å². The molecule has 3 aromatic rings. The number of amides is 2. The second kappa shape index (κ2) is 13.0. The van der Waals surface area contributed by atoms with Gasteiger partial charge in [0.25, 0.3) is 0 Å². The summed E-state index contributed by atoms with van der Waals surface area (Å²) in [7, 11) is -0.966. The molecule has 0 aliphatic rings. The number of nitrogens with one attached hydrogen (secondary N) is 1. The number of nitrogens with zero attached hydrogens (tertiary/aromatic N) is 2. The first-order valence-electron chi connectivity index (χ1n) is 11.6. The number of ether oxygens (including phenoxy) is 1. The van der Waals surface area contributed by atoms with E-state index >= 15 is 0 Å². The van der Waals surface area contributed by atoms with Gasteiger partial charge in [0.2, 0.25) is 21.8 Å². The molecule has 1 atom stereocenters. The Bertz CT molecular complexity index is 1370. The van der Waals surface area contributed by atoms with Crippen LogP contribution in [0, 0.1) is 0 Å². The first-order chi connectivity index (χ1) is 18.0. The van der Waals surface area contributed by atoms with Crippen molar-refractivity contribution < 1.29 is 22.7 Å². The molecule has 38 heavy (non-hydrogen) atoms. The molecule has 0 aromatic heterocycles. The lowest BCUT2D eigenvalue weighted by Gasteiger charge is -2.33. The zero-order valence-electron chi connectivity index (χ0n) is 21.2. The lowest BCUT2D eigenvalue weighted by Crippen LogP contribution is -2.52. The second-order valence-electron chi connectivity index (χ2n) is 8.56. The molecule has 0 saturated heterocycles. The van der Waals surface area contributed by atoms with Crippen molar-refractivity contribution in [3.05, 3.63) is 94.0 Å². The molecule has 3 rings (SSSR count). The minimum absolute atomic E-state index is 0.0574. The van der Waals surface area contributed by atoms with Crippen LogP contribution in [-0.4, -0.2) is 58.1 Å². The highest BCUT2D eigenvalue weighted by molar-refractivity contribution is 7.92. The van der Waals surface area contributed by atoms with Crippen LogP contribution in [-0.2, 0) is 32.6 Å². The van der Waals surface area contributed by atoms with Gasteiger partial charge in [0, 0.05) is 25.0 Å². The Balaban J connectivity index is 2.03. The highest BCUT2D eigenvalue weighted by atomic mass is 35.5. The van der Waals surface area contributed by atoms with Crippen LogP contribution in [0.1, 0.15) is 11.1 Å². The molecule has 3 aromatic carbocycles. The highest BCUT2D eigenvalue weighted by Gasteiger charge is 2.32. The molecule has 202 valence electrons. The van der Waals surface area contributed by atoms with Gasteiger partial charge in [0.05, 0.1) is 24.1 Å². The van der Waals surface area contributed by atoms with Crippen LogP contribution >= 0.6 is 23.2 Å². The van der Waals surface area contributed by atoms with Crippen LogP contribution in [0.4, 0.5) is 5.69 Å². The number of methoxy groups -OCH3 is 1. The van der Waals surface area contributed by atoms with Crippen molar-refractivity contribution in [2.24, 2.45) is 0 Å². The Labute approximate surface area is 233 Å². The summed E-state index contributed by atoms with van der Waals surface area (Å²) in [6.45, 7) is -0.487. The number of likely N-dealkylation sites (N-methyl/N-ethyl adjacent to an activating group) is 1. The minimum atomic E-state index is -3.90. The Hall–Kier alpha value is -3.27. The number of carbonyl (C=O) groups excluding carboxylic acids is 2. The number of anilines is 1. The molecule has 0 spiro atoms. The van der Waals surface area contributed by atoms with Crippen molar-refractivity contribution in [2.45, 2.75) is 19.0 Å². The maximum absolute atomic E-state index is 13.9. The molecule has 0 aliphatic heterocycles. The average Bonchev–Trinajstić information content (AvgIpc) is 2.89. The van der Waals surface area contributed by atoms with Crippen LogP contribution in [0.2, 0.25) is 10.0 Å². The number of carbonyl (C=O) groups is 2.